The number of methoxy groups -OCH3 is 1. The number of nitrogens with zero attached hydrogens (tertiary/aromatic N) is 3. The van der Waals surface area contributed by atoms with Gasteiger partial charge in [0.25, 0.3) is 0 Å². The van der Waals surface area contributed by atoms with Crippen molar-refractivity contribution in [2.45, 2.75) is 19.8 Å². The lowest BCUT2D eigenvalue weighted by Gasteiger charge is -2.07. The summed E-state index contributed by atoms with van der Waals surface area (Å²) in [7, 11) is 1.64. The number of guanidine groups is 1. The Morgan fingerprint density at radius 1 is 1.18 bits per heavy atom. The number of para-hydroxylation sites is 1. The highest BCUT2D eigenvalue weighted by Crippen LogP contribution is 2.16. The average Bonchev–Trinajstić information content (AvgIpc) is 3.07. The molecule has 3 aromatic rings. The number of benzene rings is 2. The molecule has 0 atom stereocenters. The predicted octanol–water partition coefficient (Wildman–Crippen LogP) is 4.17. The van der Waals surface area contributed by atoms with Crippen LogP contribution in [0.25, 0.3) is 5.69 Å². The minimum Gasteiger partial charge on any atom is -0.497 e. The normalized spacial score (nSPS) is 11.0. The van der Waals surface area contributed by atoms with Gasteiger partial charge in [-0.1, -0.05) is 24.3 Å². The van der Waals surface area contributed by atoms with Crippen molar-refractivity contribution in [3.05, 3.63) is 72.1 Å². The Balaban J connectivity index is 0.00000280. The van der Waals surface area contributed by atoms with Gasteiger partial charge in [0.15, 0.2) is 5.96 Å². The number of nitrogens with one attached hydrogen (secondary N) is 1. The molecule has 3 rings (SSSR count). The van der Waals surface area contributed by atoms with Gasteiger partial charge < -0.3 is 15.8 Å². The molecule has 0 radical (unpaired) electrons. The summed E-state index contributed by atoms with van der Waals surface area (Å²) in [5.41, 5.74) is 10.2. The summed E-state index contributed by atoms with van der Waals surface area (Å²) >= 11 is 0. The molecule has 6 nitrogen and oxygen atoms in total. The predicted molar refractivity (Wildman–Crippen MR) is 125 cm³/mol. The lowest BCUT2D eigenvalue weighted by Crippen LogP contribution is -2.22. The van der Waals surface area contributed by atoms with E-state index in [1.807, 2.05) is 66.2 Å². The number of hydrogen-bond donors (Lipinski definition) is 2. The number of aliphatic imine (C=N–C) groups is 1. The van der Waals surface area contributed by atoms with Crippen LogP contribution >= 0.6 is 24.0 Å². The van der Waals surface area contributed by atoms with Crippen LogP contribution in [0.1, 0.15) is 17.7 Å². The minimum absolute atomic E-state index is 0. The van der Waals surface area contributed by atoms with Crippen LogP contribution in [0.3, 0.4) is 0 Å². The summed E-state index contributed by atoms with van der Waals surface area (Å²) in [6, 6.07) is 17.7. The number of nitrogens with two attached hydrogens (primary N) is 1. The number of halogens is 1. The molecule has 0 spiro atoms. The van der Waals surface area contributed by atoms with Crippen LogP contribution in [0.4, 0.5) is 5.69 Å². The molecule has 0 fully saturated rings. The highest BCUT2D eigenvalue weighted by Gasteiger charge is 2.06. The monoisotopic (exact) mass is 491 g/mol. The molecular formula is C21H26IN5O. The van der Waals surface area contributed by atoms with Crippen molar-refractivity contribution in [2.75, 3.05) is 19.0 Å². The maximum absolute atomic E-state index is 5.97. The summed E-state index contributed by atoms with van der Waals surface area (Å²) in [6.45, 7) is 2.69. The van der Waals surface area contributed by atoms with E-state index in [2.05, 4.69) is 21.6 Å². The van der Waals surface area contributed by atoms with E-state index in [1.165, 1.54) is 5.56 Å². The zero-order chi connectivity index (χ0) is 19.1. The molecule has 148 valence electrons. The van der Waals surface area contributed by atoms with Crippen molar-refractivity contribution in [1.82, 2.24) is 9.78 Å². The maximum atomic E-state index is 5.97. The summed E-state index contributed by atoms with van der Waals surface area (Å²) in [6.07, 6.45) is 3.91. The molecule has 0 bridgehead atoms. The molecule has 1 aromatic heterocycles. The van der Waals surface area contributed by atoms with Crippen LogP contribution in [-0.4, -0.2) is 29.4 Å². The van der Waals surface area contributed by atoms with E-state index < -0.39 is 0 Å². The van der Waals surface area contributed by atoms with Gasteiger partial charge in [0.1, 0.15) is 5.75 Å². The van der Waals surface area contributed by atoms with Gasteiger partial charge in [-0.2, -0.15) is 5.10 Å². The number of aromatic nitrogens is 2. The van der Waals surface area contributed by atoms with E-state index in [0.717, 1.165) is 35.7 Å². The molecule has 0 aliphatic rings. The van der Waals surface area contributed by atoms with Crippen LogP contribution in [-0.2, 0) is 6.42 Å². The van der Waals surface area contributed by atoms with Gasteiger partial charge in [-0.3, -0.25) is 4.99 Å². The Labute approximate surface area is 182 Å². The minimum atomic E-state index is 0. The molecule has 1 heterocycles. The first kappa shape index (κ1) is 21.7. The molecule has 2 aromatic carbocycles. The largest absolute Gasteiger partial charge is 0.497 e. The van der Waals surface area contributed by atoms with E-state index in [-0.39, 0.29) is 24.0 Å². The Kier molecular flexibility index (Phi) is 8.31. The van der Waals surface area contributed by atoms with Crippen LogP contribution in [0.15, 0.2) is 65.8 Å². The SMILES string of the molecule is COc1cccc(NC(N)=NCCCc2cn(-c3ccccc3)nc2C)c1.I. The molecular weight excluding hydrogens is 465 g/mol. The quantitative estimate of drug-likeness (QED) is 0.225. The Morgan fingerprint density at radius 2 is 1.96 bits per heavy atom. The summed E-state index contributed by atoms with van der Waals surface area (Å²) in [5, 5.41) is 7.68. The lowest BCUT2D eigenvalue weighted by atomic mass is 10.1. The first-order chi connectivity index (χ1) is 13.2. The van der Waals surface area contributed by atoms with Gasteiger partial charge in [0, 0.05) is 24.5 Å². The summed E-state index contributed by atoms with van der Waals surface area (Å²) in [5.74, 6) is 1.18. The molecule has 0 unspecified atom stereocenters. The molecule has 0 aliphatic carbocycles. The van der Waals surface area contributed by atoms with E-state index >= 15 is 0 Å². The maximum Gasteiger partial charge on any atom is 0.193 e. The van der Waals surface area contributed by atoms with Crippen molar-refractivity contribution in [3.8, 4) is 11.4 Å². The van der Waals surface area contributed by atoms with Crippen LogP contribution < -0.4 is 15.8 Å². The highest BCUT2D eigenvalue weighted by molar-refractivity contribution is 14.0. The topological polar surface area (TPSA) is 77.5 Å². The fourth-order valence-corrected chi connectivity index (χ4v) is 2.81. The fourth-order valence-electron chi connectivity index (χ4n) is 2.81. The average molecular weight is 491 g/mol. The lowest BCUT2D eigenvalue weighted by molar-refractivity contribution is 0.415. The first-order valence-corrected chi connectivity index (χ1v) is 8.97. The van der Waals surface area contributed by atoms with E-state index in [9.17, 15) is 0 Å². The second-order valence-electron chi connectivity index (χ2n) is 6.25. The van der Waals surface area contributed by atoms with Crippen molar-refractivity contribution >= 4 is 35.6 Å². The zero-order valence-corrected chi connectivity index (χ0v) is 18.5. The fraction of sp³-hybridized carbons (Fsp3) is 0.238. The Morgan fingerprint density at radius 3 is 2.71 bits per heavy atom. The smallest absolute Gasteiger partial charge is 0.193 e. The van der Waals surface area contributed by atoms with Gasteiger partial charge >= 0.3 is 0 Å². The Bertz CT molecular complexity index is 908. The number of ether oxygens (including phenoxy) is 1. The molecule has 0 aliphatic heterocycles. The van der Waals surface area contributed by atoms with Crippen molar-refractivity contribution in [2.24, 2.45) is 10.7 Å². The van der Waals surface area contributed by atoms with Crippen molar-refractivity contribution in [1.29, 1.82) is 0 Å². The first-order valence-electron chi connectivity index (χ1n) is 8.97. The third-order valence-corrected chi connectivity index (χ3v) is 4.25. The van der Waals surface area contributed by atoms with Crippen molar-refractivity contribution in [3.63, 3.8) is 0 Å². The van der Waals surface area contributed by atoms with Crippen molar-refractivity contribution < 1.29 is 4.74 Å². The molecule has 0 saturated heterocycles. The number of anilines is 1. The molecule has 0 saturated carbocycles. The zero-order valence-electron chi connectivity index (χ0n) is 16.1. The number of hydrogen-bond acceptors (Lipinski definition) is 3. The standard InChI is InChI=1S/C21H25N5O.HI/c1-16-17(15-26(25-16)19-10-4-3-5-11-19)8-7-13-23-21(22)24-18-9-6-12-20(14-18)27-2;/h3-6,9-12,14-15H,7-8,13H2,1-2H3,(H3,22,23,24);1H. The van der Waals surface area contributed by atoms with Crippen LogP contribution in [0.2, 0.25) is 0 Å². The number of rotatable bonds is 7. The second kappa shape index (κ2) is 10.7. The second-order valence-corrected chi connectivity index (χ2v) is 6.25. The van der Waals surface area contributed by atoms with Gasteiger partial charge in [-0.05, 0) is 49.6 Å². The molecule has 0 amide bonds. The molecule has 3 N–H and O–H groups in total. The summed E-state index contributed by atoms with van der Waals surface area (Å²) < 4.78 is 7.12. The van der Waals surface area contributed by atoms with E-state index in [4.69, 9.17) is 10.5 Å². The van der Waals surface area contributed by atoms with Crippen LogP contribution in [0.5, 0.6) is 5.75 Å². The third-order valence-electron chi connectivity index (χ3n) is 4.25. The van der Waals surface area contributed by atoms with E-state index in [0.29, 0.717) is 12.5 Å². The molecule has 7 heteroatoms. The molecule has 28 heavy (non-hydrogen) atoms. The van der Waals surface area contributed by atoms with E-state index in [1.54, 1.807) is 7.11 Å². The number of aryl methyl sites for hydroxylation is 2. The van der Waals surface area contributed by atoms with Gasteiger partial charge in [0.05, 0.1) is 18.5 Å². The third kappa shape index (κ3) is 5.98. The van der Waals surface area contributed by atoms with Crippen LogP contribution in [0, 0.1) is 6.92 Å². The Hall–Kier alpha value is -2.55. The van der Waals surface area contributed by atoms with Gasteiger partial charge in [-0.25, -0.2) is 4.68 Å². The highest BCUT2D eigenvalue weighted by atomic mass is 127. The summed E-state index contributed by atoms with van der Waals surface area (Å²) in [4.78, 5) is 4.40. The van der Waals surface area contributed by atoms with Gasteiger partial charge in [-0.15, -0.1) is 24.0 Å². The van der Waals surface area contributed by atoms with Gasteiger partial charge in [0.2, 0.25) is 0 Å².